The molecule has 110 valence electrons. The van der Waals surface area contributed by atoms with Crippen LogP contribution in [0.3, 0.4) is 0 Å². The summed E-state index contributed by atoms with van der Waals surface area (Å²) < 4.78 is 38.1. The Bertz CT molecular complexity index is 852. The first-order valence-corrected chi connectivity index (χ1v) is 8.51. The lowest BCUT2D eigenvalue weighted by Crippen LogP contribution is -2.15. The second-order valence-electron chi connectivity index (χ2n) is 4.34. The Morgan fingerprint density at radius 2 is 2.00 bits per heavy atom. The number of benzene rings is 1. The fraction of sp³-hybridized carbons (Fsp3) is 0.167. The average Bonchev–Trinajstić information content (AvgIpc) is 2.98. The van der Waals surface area contributed by atoms with Gasteiger partial charge < -0.3 is 5.73 Å². The molecule has 2 heterocycles. The van der Waals surface area contributed by atoms with Crippen LogP contribution in [0, 0.1) is 5.82 Å². The number of sulfone groups is 1. The molecule has 3 rings (SSSR count). The fourth-order valence-electron chi connectivity index (χ4n) is 1.81. The predicted octanol–water partition coefficient (Wildman–Crippen LogP) is 1.33. The SMILES string of the molecule is NCCS(=O)(=O)c1nn2cc(-c3ccc(F)cc3)nc2s1. The van der Waals surface area contributed by atoms with Gasteiger partial charge in [-0.2, -0.15) is 0 Å². The van der Waals surface area contributed by atoms with Crippen LogP contribution in [0.5, 0.6) is 0 Å². The molecule has 0 radical (unpaired) electrons. The Hall–Kier alpha value is -1.84. The molecular formula is C12H11FN4O2S2. The average molecular weight is 326 g/mol. The lowest BCUT2D eigenvalue weighted by molar-refractivity contribution is 0.593. The van der Waals surface area contributed by atoms with Crippen molar-refractivity contribution in [2.75, 3.05) is 12.3 Å². The number of aromatic nitrogens is 3. The predicted molar refractivity (Wildman–Crippen MR) is 77.4 cm³/mol. The summed E-state index contributed by atoms with van der Waals surface area (Å²) in [5.74, 6) is -0.470. The molecule has 0 spiro atoms. The van der Waals surface area contributed by atoms with Crippen molar-refractivity contribution in [3.63, 3.8) is 0 Å². The van der Waals surface area contributed by atoms with Gasteiger partial charge in [-0.05, 0) is 24.3 Å². The molecule has 0 atom stereocenters. The molecule has 0 amide bonds. The molecule has 21 heavy (non-hydrogen) atoms. The van der Waals surface area contributed by atoms with E-state index in [1.54, 1.807) is 18.3 Å². The largest absolute Gasteiger partial charge is 0.329 e. The third-order valence-corrected chi connectivity index (χ3v) is 5.93. The van der Waals surface area contributed by atoms with E-state index in [-0.39, 0.29) is 22.5 Å². The minimum atomic E-state index is -3.45. The standard InChI is InChI=1S/C12H11FN4O2S2/c13-9-3-1-8(2-4-9)10-7-17-11(15-10)20-12(16-17)21(18,19)6-5-14/h1-4,7H,5-6,14H2. The second-order valence-corrected chi connectivity index (χ2v) is 7.57. The van der Waals surface area contributed by atoms with Gasteiger partial charge in [-0.25, -0.2) is 22.3 Å². The van der Waals surface area contributed by atoms with Crippen molar-refractivity contribution in [3.05, 3.63) is 36.3 Å². The minimum Gasteiger partial charge on any atom is -0.329 e. The third kappa shape index (κ3) is 2.67. The summed E-state index contributed by atoms with van der Waals surface area (Å²) in [5.41, 5.74) is 6.62. The quantitative estimate of drug-likeness (QED) is 0.781. The van der Waals surface area contributed by atoms with Crippen LogP contribution in [-0.4, -0.2) is 35.3 Å². The number of nitrogens with two attached hydrogens (primary N) is 1. The van der Waals surface area contributed by atoms with Gasteiger partial charge in [0.1, 0.15) is 5.82 Å². The second kappa shape index (κ2) is 5.17. The molecule has 0 fully saturated rings. The molecule has 0 unspecified atom stereocenters. The summed E-state index contributed by atoms with van der Waals surface area (Å²) >= 11 is 0.986. The summed E-state index contributed by atoms with van der Waals surface area (Å²) in [6.07, 6.45) is 1.61. The minimum absolute atomic E-state index is 0.00102. The van der Waals surface area contributed by atoms with Crippen LogP contribution >= 0.6 is 11.3 Å². The van der Waals surface area contributed by atoms with Gasteiger partial charge in [0.2, 0.25) is 19.1 Å². The van der Waals surface area contributed by atoms with Crippen LogP contribution in [0.2, 0.25) is 0 Å². The topological polar surface area (TPSA) is 90.4 Å². The Kier molecular flexibility index (Phi) is 3.47. The van der Waals surface area contributed by atoms with Crippen molar-refractivity contribution in [1.82, 2.24) is 14.6 Å². The monoisotopic (exact) mass is 326 g/mol. The number of rotatable bonds is 4. The van der Waals surface area contributed by atoms with E-state index in [1.807, 2.05) is 0 Å². The molecule has 0 saturated heterocycles. The molecule has 2 aromatic heterocycles. The molecule has 1 aromatic carbocycles. The number of hydrogen-bond acceptors (Lipinski definition) is 6. The summed E-state index contributed by atoms with van der Waals surface area (Å²) in [6, 6.07) is 5.89. The fourth-order valence-corrected chi connectivity index (χ4v) is 4.10. The molecule has 0 aliphatic rings. The number of hydrogen-bond donors (Lipinski definition) is 1. The van der Waals surface area contributed by atoms with Crippen LogP contribution in [0.1, 0.15) is 0 Å². The molecule has 0 bridgehead atoms. The van der Waals surface area contributed by atoms with Crippen molar-refractivity contribution in [2.24, 2.45) is 5.73 Å². The van der Waals surface area contributed by atoms with Crippen molar-refractivity contribution in [2.45, 2.75) is 4.34 Å². The number of halogens is 1. The summed E-state index contributed by atoms with van der Waals surface area (Å²) in [4.78, 5) is 4.77. The van der Waals surface area contributed by atoms with Crippen LogP contribution in [0.4, 0.5) is 4.39 Å². The van der Waals surface area contributed by atoms with Crippen LogP contribution in [0.15, 0.2) is 34.8 Å². The van der Waals surface area contributed by atoms with Crippen molar-refractivity contribution in [3.8, 4) is 11.3 Å². The zero-order chi connectivity index (χ0) is 15.0. The Morgan fingerprint density at radius 3 is 2.62 bits per heavy atom. The summed E-state index contributed by atoms with van der Waals surface area (Å²) in [5, 5.41) is 4.02. The molecule has 6 nitrogen and oxygen atoms in total. The lowest BCUT2D eigenvalue weighted by Gasteiger charge is -1.96. The van der Waals surface area contributed by atoms with E-state index in [1.165, 1.54) is 16.6 Å². The number of imidazole rings is 1. The summed E-state index contributed by atoms with van der Waals surface area (Å²) in [6.45, 7) is 0.0467. The maximum atomic E-state index is 12.9. The zero-order valence-corrected chi connectivity index (χ0v) is 12.4. The van der Waals surface area contributed by atoms with E-state index in [2.05, 4.69) is 10.1 Å². The van der Waals surface area contributed by atoms with Gasteiger partial charge >= 0.3 is 0 Å². The zero-order valence-electron chi connectivity index (χ0n) is 10.7. The van der Waals surface area contributed by atoms with Gasteiger partial charge in [-0.1, -0.05) is 11.3 Å². The maximum absolute atomic E-state index is 12.9. The van der Waals surface area contributed by atoms with Gasteiger partial charge in [-0.15, -0.1) is 5.10 Å². The highest BCUT2D eigenvalue weighted by Gasteiger charge is 2.20. The highest BCUT2D eigenvalue weighted by atomic mass is 32.2. The highest BCUT2D eigenvalue weighted by Crippen LogP contribution is 2.24. The Balaban J connectivity index is 2.00. The van der Waals surface area contributed by atoms with Gasteiger partial charge in [0, 0.05) is 12.1 Å². The van der Waals surface area contributed by atoms with Crippen LogP contribution in [-0.2, 0) is 9.84 Å². The first-order chi connectivity index (χ1) is 9.99. The van der Waals surface area contributed by atoms with E-state index in [4.69, 9.17) is 5.73 Å². The molecular weight excluding hydrogens is 315 g/mol. The summed E-state index contributed by atoms with van der Waals surface area (Å²) in [7, 11) is -3.45. The highest BCUT2D eigenvalue weighted by molar-refractivity contribution is 7.93. The normalized spacial score (nSPS) is 12.1. The van der Waals surface area contributed by atoms with E-state index >= 15 is 0 Å². The number of fused-ring (bicyclic) bond motifs is 1. The van der Waals surface area contributed by atoms with Crippen LogP contribution in [0.25, 0.3) is 16.2 Å². The Labute approximate surface area is 124 Å². The molecule has 0 saturated carbocycles. The van der Waals surface area contributed by atoms with E-state index in [0.717, 1.165) is 16.9 Å². The number of nitrogens with zero attached hydrogens (tertiary/aromatic N) is 3. The van der Waals surface area contributed by atoms with E-state index in [0.29, 0.717) is 10.7 Å². The van der Waals surface area contributed by atoms with Crippen molar-refractivity contribution in [1.29, 1.82) is 0 Å². The van der Waals surface area contributed by atoms with Crippen molar-refractivity contribution >= 4 is 26.1 Å². The molecule has 9 heteroatoms. The Morgan fingerprint density at radius 1 is 1.29 bits per heavy atom. The van der Waals surface area contributed by atoms with Gasteiger partial charge in [-0.3, -0.25) is 0 Å². The third-order valence-electron chi connectivity index (χ3n) is 2.82. The first-order valence-electron chi connectivity index (χ1n) is 6.04. The van der Waals surface area contributed by atoms with E-state index in [9.17, 15) is 12.8 Å². The van der Waals surface area contributed by atoms with Gasteiger partial charge in [0.05, 0.1) is 17.6 Å². The van der Waals surface area contributed by atoms with Gasteiger partial charge in [0.15, 0.2) is 0 Å². The molecule has 2 N–H and O–H groups in total. The molecule has 3 aromatic rings. The van der Waals surface area contributed by atoms with Crippen LogP contribution < -0.4 is 5.73 Å². The lowest BCUT2D eigenvalue weighted by atomic mass is 10.2. The van der Waals surface area contributed by atoms with Gasteiger partial charge in [0.25, 0.3) is 0 Å². The first kappa shape index (κ1) is 14.1. The molecule has 0 aliphatic heterocycles. The molecule has 0 aliphatic carbocycles. The van der Waals surface area contributed by atoms with Crippen molar-refractivity contribution < 1.29 is 12.8 Å². The smallest absolute Gasteiger partial charge is 0.232 e. The van der Waals surface area contributed by atoms with E-state index < -0.39 is 9.84 Å². The maximum Gasteiger partial charge on any atom is 0.232 e.